The Kier molecular flexibility index (Phi) is 4.08. The van der Waals surface area contributed by atoms with Crippen molar-refractivity contribution in [3.8, 4) is 0 Å². The average Bonchev–Trinajstić information content (AvgIpc) is 2.47. The largest absolute Gasteiger partial charge is 0.406 e. The lowest BCUT2D eigenvalue weighted by atomic mass is 10.2. The fraction of sp³-hybridized carbons (Fsp3) is 0.364. The van der Waals surface area contributed by atoms with Crippen molar-refractivity contribution in [3.63, 3.8) is 0 Å². The van der Waals surface area contributed by atoms with Crippen molar-refractivity contribution < 1.29 is 14.4 Å². The van der Waals surface area contributed by atoms with Crippen molar-refractivity contribution in [2.24, 2.45) is 5.73 Å². The summed E-state index contributed by atoms with van der Waals surface area (Å²) in [5, 5.41) is 9.60. The van der Waals surface area contributed by atoms with Crippen LogP contribution in [0.5, 0.6) is 0 Å². The lowest BCUT2D eigenvalue weighted by Gasteiger charge is -2.27. The SMILES string of the molecule is NC(N[N+](=O)[O-])=[N+]1CCN(C(=O)c2ccccn2)CC1. The highest BCUT2D eigenvalue weighted by molar-refractivity contribution is 5.92. The zero-order valence-corrected chi connectivity index (χ0v) is 10.7. The molecule has 0 spiro atoms. The molecule has 20 heavy (non-hydrogen) atoms. The van der Waals surface area contributed by atoms with Gasteiger partial charge in [-0.15, -0.1) is 0 Å². The molecule has 1 aromatic heterocycles. The summed E-state index contributed by atoms with van der Waals surface area (Å²) in [6.07, 6.45) is 1.57. The lowest BCUT2D eigenvalue weighted by molar-refractivity contribution is -0.573. The van der Waals surface area contributed by atoms with Crippen molar-refractivity contribution in [2.45, 2.75) is 0 Å². The van der Waals surface area contributed by atoms with Crippen molar-refractivity contribution in [1.29, 1.82) is 0 Å². The molecule has 1 fully saturated rings. The Hall–Kier alpha value is -2.71. The monoisotopic (exact) mass is 279 g/mol. The molecule has 0 aliphatic carbocycles. The Balaban J connectivity index is 1.98. The van der Waals surface area contributed by atoms with Crippen molar-refractivity contribution in [3.05, 3.63) is 40.2 Å². The fourth-order valence-corrected chi connectivity index (χ4v) is 1.97. The van der Waals surface area contributed by atoms with E-state index < -0.39 is 5.03 Å². The molecule has 1 amide bonds. The number of piperazine rings is 1. The second kappa shape index (κ2) is 5.95. The van der Waals surface area contributed by atoms with E-state index in [9.17, 15) is 14.9 Å². The third kappa shape index (κ3) is 3.19. The van der Waals surface area contributed by atoms with Gasteiger partial charge >= 0.3 is 5.96 Å². The summed E-state index contributed by atoms with van der Waals surface area (Å²) in [6, 6.07) is 5.15. The van der Waals surface area contributed by atoms with Crippen LogP contribution >= 0.6 is 0 Å². The van der Waals surface area contributed by atoms with E-state index in [1.54, 1.807) is 33.9 Å². The van der Waals surface area contributed by atoms with Crippen LogP contribution in [0.4, 0.5) is 0 Å². The van der Waals surface area contributed by atoms with Crippen LogP contribution in [0.1, 0.15) is 10.5 Å². The number of rotatable bonds is 2. The molecule has 0 unspecified atom stereocenters. The smallest absolute Gasteiger partial charge is 0.331 e. The van der Waals surface area contributed by atoms with Gasteiger partial charge in [0.1, 0.15) is 5.69 Å². The minimum Gasteiger partial charge on any atom is -0.331 e. The number of amides is 1. The lowest BCUT2D eigenvalue weighted by Crippen LogP contribution is -2.52. The molecule has 2 heterocycles. The number of nitrogens with two attached hydrogens (primary N) is 1. The van der Waals surface area contributed by atoms with Gasteiger partial charge in [0.25, 0.3) is 5.91 Å². The molecule has 0 aromatic carbocycles. The van der Waals surface area contributed by atoms with Crippen molar-refractivity contribution in [1.82, 2.24) is 15.3 Å². The molecule has 0 atom stereocenters. The van der Waals surface area contributed by atoms with Crippen LogP contribution in [0.15, 0.2) is 24.4 Å². The number of hydrogen-bond donors (Lipinski definition) is 2. The van der Waals surface area contributed by atoms with Gasteiger partial charge in [-0.05, 0) is 12.1 Å². The third-order valence-corrected chi connectivity index (χ3v) is 3.00. The quantitative estimate of drug-likeness (QED) is 0.299. The van der Waals surface area contributed by atoms with Gasteiger partial charge in [-0.25, -0.2) is 10.1 Å². The molecule has 1 saturated heterocycles. The topological polar surface area (TPSA) is 117 Å². The minimum absolute atomic E-state index is 0.0139. The van der Waals surface area contributed by atoms with Crippen molar-refractivity contribution >= 4 is 11.9 Å². The Labute approximate surface area is 114 Å². The molecule has 2 rings (SSSR count). The highest BCUT2D eigenvalue weighted by atomic mass is 16.7. The number of aromatic nitrogens is 1. The number of carbonyl (C=O) groups is 1. The number of hydrogen-bond acceptors (Lipinski definition) is 4. The summed E-state index contributed by atoms with van der Waals surface area (Å²) >= 11 is 0. The predicted molar refractivity (Wildman–Crippen MR) is 69.5 cm³/mol. The van der Waals surface area contributed by atoms with Gasteiger partial charge in [0.2, 0.25) is 5.03 Å². The van der Waals surface area contributed by atoms with Gasteiger partial charge in [0.05, 0.1) is 26.2 Å². The number of nitro groups is 1. The van der Waals surface area contributed by atoms with Gasteiger partial charge in [0, 0.05) is 11.6 Å². The number of guanidine groups is 1. The van der Waals surface area contributed by atoms with E-state index in [0.717, 1.165) is 0 Å². The van der Waals surface area contributed by atoms with E-state index in [0.29, 0.717) is 31.9 Å². The number of hydrazine groups is 1. The van der Waals surface area contributed by atoms with Gasteiger partial charge in [-0.1, -0.05) is 6.07 Å². The van der Waals surface area contributed by atoms with Crippen LogP contribution in [0.25, 0.3) is 0 Å². The average molecular weight is 279 g/mol. The van der Waals surface area contributed by atoms with Crippen LogP contribution in [-0.2, 0) is 0 Å². The van der Waals surface area contributed by atoms with E-state index in [2.05, 4.69) is 4.98 Å². The molecule has 1 aliphatic rings. The van der Waals surface area contributed by atoms with Crippen LogP contribution < -0.4 is 11.2 Å². The van der Waals surface area contributed by atoms with E-state index >= 15 is 0 Å². The molecular weight excluding hydrogens is 264 g/mol. The standard InChI is InChI=1S/C11H14N6O3/c12-11(14-17(19)20)16-7-5-15(6-8-16)10(18)9-3-1-2-4-13-9/h1-4H,5-8H2,(H2,12,14)/p+1. The van der Waals surface area contributed by atoms with E-state index in [-0.39, 0.29) is 11.9 Å². The summed E-state index contributed by atoms with van der Waals surface area (Å²) in [7, 11) is 0. The maximum absolute atomic E-state index is 12.1. The molecule has 0 bridgehead atoms. The first-order chi connectivity index (χ1) is 9.58. The highest BCUT2D eigenvalue weighted by Gasteiger charge is 2.24. The number of nitrogens with one attached hydrogen (secondary N) is 1. The number of carbonyl (C=O) groups excluding carboxylic acids is 1. The van der Waals surface area contributed by atoms with Gasteiger partial charge in [-0.3, -0.25) is 20.1 Å². The zero-order chi connectivity index (χ0) is 14.5. The normalized spacial score (nSPS) is 14.8. The van der Waals surface area contributed by atoms with Crippen LogP contribution in [0.3, 0.4) is 0 Å². The van der Waals surface area contributed by atoms with Crippen LogP contribution in [0, 0.1) is 10.1 Å². The summed E-state index contributed by atoms with van der Waals surface area (Å²) in [6.45, 7) is 1.75. The third-order valence-electron chi connectivity index (χ3n) is 3.00. The zero-order valence-electron chi connectivity index (χ0n) is 10.7. The van der Waals surface area contributed by atoms with E-state index in [1.807, 2.05) is 5.43 Å². The summed E-state index contributed by atoms with van der Waals surface area (Å²) in [4.78, 5) is 28.1. The number of nitrogens with zero attached hydrogens (tertiary/aromatic N) is 4. The first-order valence-corrected chi connectivity index (χ1v) is 6.06. The molecule has 3 N–H and O–H groups in total. The molecule has 0 radical (unpaired) electrons. The maximum Gasteiger partial charge on any atom is 0.406 e. The second-order valence-corrected chi connectivity index (χ2v) is 4.25. The van der Waals surface area contributed by atoms with Crippen LogP contribution in [-0.4, -0.2) is 57.5 Å². The molecule has 9 heteroatoms. The first kappa shape index (κ1) is 13.7. The Morgan fingerprint density at radius 3 is 2.70 bits per heavy atom. The molecular formula is C11H15N6O3+. The van der Waals surface area contributed by atoms with Crippen molar-refractivity contribution in [2.75, 3.05) is 26.2 Å². The maximum atomic E-state index is 12.1. The predicted octanol–water partition coefficient (Wildman–Crippen LogP) is -1.35. The molecule has 106 valence electrons. The van der Waals surface area contributed by atoms with Gasteiger partial charge in [0.15, 0.2) is 0 Å². The van der Waals surface area contributed by atoms with E-state index in [4.69, 9.17) is 5.73 Å². The summed E-state index contributed by atoms with van der Waals surface area (Å²) in [5.41, 5.74) is 7.86. The highest BCUT2D eigenvalue weighted by Crippen LogP contribution is 2.04. The molecule has 0 saturated carbocycles. The Morgan fingerprint density at radius 1 is 1.45 bits per heavy atom. The van der Waals surface area contributed by atoms with Gasteiger partial charge in [-0.2, -0.15) is 0 Å². The summed E-state index contributed by atoms with van der Waals surface area (Å²) in [5.74, 6) is -0.161. The molecule has 9 nitrogen and oxygen atoms in total. The van der Waals surface area contributed by atoms with Crippen LogP contribution in [0.2, 0.25) is 0 Å². The van der Waals surface area contributed by atoms with Gasteiger partial charge < -0.3 is 4.90 Å². The Morgan fingerprint density at radius 2 is 2.15 bits per heavy atom. The Bertz CT molecular complexity index is 534. The molecule has 1 aliphatic heterocycles. The minimum atomic E-state index is -0.708. The second-order valence-electron chi connectivity index (χ2n) is 4.25. The fourth-order valence-electron chi connectivity index (χ4n) is 1.97. The first-order valence-electron chi connectivity index (χ1n) is 6.06. The molecule has 1 aromatic rings. The number of pyridine rings is 1. The van der Waals surface area contributed by atoms with E-state index in [1.165, 1.54) is 0 Å². The summed E-state index contributed by atoms with van der Waals surface area (Å²) < 4.78 is 1.63.